The number of carbonyl (C=O) groups excluding carboxylic acids is 1. The van der Waals surface area contributed by atoms with Gasteiger partial charge < -0.3 is 14.7 Å². The van der Waals surface area contributed by atoms with Crippen LogP contribution in [0.2, 0.25) is 0 Å². The molecule has 1 N–H and O–H groups in total. The fourth-order valence-electron chi connectivity index (χ4n) is 3.90. The monoisotopic (exact) mass is 429 g/mol. The van der Waals surface area contributed by atoms with Gasteiger partial charge in [0.15, 0.2) is 0 Å². The normalized spacial score (nSPS) is 17.9. The number of methoxy groups -OCH3 is 1. The van der Waals surface area contributed by atoms with Crippen LogP contribution in [-0.4, -0.2) is 36.1 Å². The molecular formula is C27H24FNO3. The topological polar surface area (TPSA) is 49.8 Å². The van der Waals surface area contributed by atoms with Gasteiger partial charge in [-0.05, 0) is 79.1 Å². The molecule has 1 amide bonds. The zero-order chi connectivity index (χ0) is 22.6. The van der Waals surface area contributed by atoms with E-state index in [1.165, 1.54) is 12.1 Å². The summed E-state index contributed by atoms with van der Waals surface area (Å²) in [6.07, 6.45) is 1.20. The highest BCUT2D eigenvalue weighted by molar-refractivity contribution is 5.94. The highest BCUT2D eigenvalue weighted by Gasteiger charge is 2.37. The summed E-state index contributed by atoms with van der Waals surface area (Å²) in [4.78, 5) is 14.7. The summed E-state index contributed by atoms with van der Waals surface area (Å²) in [7, 11) is 1.62. The van der Waals surface area contributed by atoms with E-state index in [-0.39, 0.29) is 18.3 Å². The number of rotatable bonds is 3. The summed E-state index contributed by atoms with van der Waals surface area (Å²) < 4.78 is 18.4. The molecule has 0 aromatic heterocycles. The number of amides is 1. The first-order chi connectivity index (χ1) is 15.5. The molecule has 0 bridgehead atoms. The Morgan fingerprint density at radius 3 is 2.16 bits per heavy atom. The second-order valence-corrected chi connectivity index (χ2v) is 7.92. The maximum absolute atomic E-state index is 13.3. The van der Waals surface area contributed by atoms with E-state index < -0.39 is 5.60 Å². The number of likely N-dealkylation sites (tertiary alicyclic amines) is 1. The number of benzene rings is 3. The zero-order valence-electron chi connectivity index (χ0n) is 17.8. The van der Waals surface area contributed by atoms with Crippen LogP contribution in [0.3, 0.4) is 0 Å². The molecule has 1 fully saturated rings. The van der Waals surface area contributed by atoms with Gasteiger partial charge in [-0.25, -0.2) is 4.39 Å². The van der Waals surface area contributed by atoms with Crippen molar-refractivity contribution in [2.75, 3.05) is 20.2 Å². The first kappa shape index (κ1) is 21.6. The van der Waals surface area contributed by atoms with E-state index in [1.807, 2.05) is 36.4 Å². The molecular weight excluding hydrogens is 405 g/mol. The highest BCUT2D eigenvalue weighted by atomic mass is 19.1. The first-order valence-electron chi connectivity index (χ1n) is 10.5. The van der Waals surface area contributed by atoms with Crippen molar-refractivity contribution in [2.45, 2.75) is 18.4 Å². The molecule has 0 aliphatic carbocycles. The minimum absolute atomic E-state index is 0.139. The predicted molar refractivity (Wildman–Crippen MR) is 121 cm³/mol. The molecule has 4 rings (SSSR count). The van der Waals surface area contributed by atoms with E-state index in [2.05, 4.69) is 11.8 Å². The van der Waals surface area contributed by atoms with Crippen molar-refractivity contribution in [3.63, 3.8) is 0 Å². The molecule has 1 atom stereocenters. The fraction of sp³-hybridized carbons (Fsp3) is 0.222. The van der Waals surface area contributed by atoms with Crippen molar-refractivity contribution in [1.29, 1.82) is 0 Å². The van der Waals surface area contributed by atoms with Gasteiger partial charge >= 0.3 is 0 Å². The average Bonchev–Trinajstić information content (AvgIpc) is 2.83. The Morgan fingerprint density at radius 2 is 1.56 bits per heavy atom. The number of hydrogen-bond acceptors (Lipinski definition) is 3. The number of nitrogens with zero attached hydrogens (tertiary/aromatic N) is 1. The lowest BCUT2D eigenvalue weighted by atomic mass is 9.85. The van der Waals surface area contributed by atoms with Crippen molar-refractivity contribution in [2.24, 2.45) is 0 Å². The molecule has 3 aromatic rings. The molecule has 162 valence electrons. The van der Waals surface area contributed by atoms with Gasteiger partial charge in [-0.1, -0.05) is 24.0 Å². The molecule has 0 spiro atoms. The van der Waals surface area contributed by atoms with Crippen molar-refractivity contribution in [1.82, 2.24) is 4.90 Å². The Kier molecular flexibility index (Phi) is 6.25. The van der Waals surface area contributed by atoms with E-state index in [4.69, 9.17) is 4.74 Å². The minimum Gasteiger partial charge on any atom is -0.497 e. The number of halogens is 1. The van der Waals surface area contributed by atoms with Gasteiger partial charge in [0.05, 0.1) is 13.7 Å². The second-order valence-electron chi connectivity index (χ2n) is 7.92. The zero-order valence-corrected chi connectivity index (χ0v) is 17.8. The van der Waals surface area contributed by atoms with Gasteiger partial charge in [0.25, 0.3) is 5.91 Å². The molecule has 1 aliphatic rings. The SMILES string of the molecule is COc1ccc(C#Cc2ccc(C(=O)N3CCCC(O)(c4ccc(F)cc4)C3)cc2)cc1. The van der Waals surface area contributed by atoms with Crippen LogP contribution in [0.1, 0.15) is 39.9 Å². The number of aliphatic hydroxyl groups is 1. The number of β-amino-alcohol motifs (C(OH)–C–C–N with tert-alkyl or cyclic N) is 1. The van der Waals surface area contributed by atoms with Crippen LogP contribution in [0.5, 0.6) is 5.75 Å². The molecule has 0 radical (unpaired) electrons. The quantitative estimate of drug-likeness (QED) is 0.630. The summed E-state index contributed by atoms with van der Waals surface area (Å²) >= 11 is 0. The Hall–Kier alpha value is -3.62. The molecule has 1 heterocycles. The third-order valence-corrected chi connectivity index (χ3v) is 5.71. The van der Waals surface area contributed by atoms with Crippen LogP contribution in [0.15, 0.2) is 72.8 Å². The highest BCUT2D eigenvalue weighted by Crippen LogP contribution is 2.32. The van der Waals surface area contributed by atoms with Crippen molar-refractivity contribution in [3.05, 3.63) is 101 Å². The number of piperidine rings is 1. The number of ether oxygens (including phenoxy) is 1. The first-order valence-corrected chi connectivity index (χ1v) is 10.5. The maximum atomic E-state index is 13.3. The van der Waals surface area contributed by atoms with Gasteiger partial charge in [-0.3, -0.25) is 4.79 Å². The lowest BCUT2D eigenvalue weighted by Gasteiger charge is -2.39. The molecule has 32 heavy (non-hydrogen) atoms. The van der Waals surface area contributed by atoms with E-state index in [1.54, 1.807) is 36.3 Å². The average molecular weight is 429 g/mol. The molecule has 0 saturated carbocycles. The van der Waals surface area contributed by atoms with Gasteiger partial charge in [0, 0.05) is 23.2 Å². The molecule has 4 nitrogen and oxygen atoms in total. The van der Waals surface area contributed by atoms with Crippen molar-refractivity contribution >= 4 is 5.91 Å². The predicted octanol–water partition coefficient (Wildman–Crippen LogP) is 4.36. The second kappa shape index (κ2) is 9.25. The number of carbonyl (C=O) groups is 1. The van der Waals surface area contributed by atoms with Crippen LogP contribution in [-0.2, 0) is 5.60 Å². The van der Waals surface area contributed by atoms with E-state index in [0.29, 0.717) is 30.5 Å². The van der Waals surface area contributed by atoms with E-state index in [9.17, 15) is 14.3 Å². The van der Waals surface area contributed by atoms with Gasteiger partial charge in [0.2, 0.25) is 0 Å². The summed E-state index contributed by atoms with van der Waals surface area (Å²) in [5, 5.41) is 11.1. The number of hydrogen-bond donors (Lipinski definition) is 1. The lowest BCUT2D eigenvalue weighted by molar-refractivity contribution is -0.0289. The van der Waals surface area contributed by atoms with Crippen LogP contribution in [0.4, 0.5) is 4.39 Å². The molecule has 1 saturated heterocycles. The standard InChI is InChI=1S/C27H24FNO3/c1-32-25-15-7-21(8-16-25)4-3-20-5-9-22(10-6-20)26(30)29-18-2-17-27(31,19-29)23-11-13-24(28)14-12-23/h5-16,31H,2,17-19H2,1H3. The van der Waals surface area contributed by atoms with Crippen LogP contribution in [0, 0.1) is 17.7 Å². The molecule has 3 aromatic carbocycles. The maximum Gasteiger partial charge on any atom is 0.253 e. The van der Waals surface area contributed by atoms with Crippen LogP contribution in [0.25, 0.3) is 0 Å². The van der Waals surface area contributed by atoms with E-state index >= 15 is 0 Å². The van der Waals surface area contributed by atoms with Gasteiger partial charge in [0.1, 0.15) is 17.2 Å². The molecule has 1 aliphatic heterocycles. The lowest BCUT2D eigenvalue weighted by Crippen LogP contribution is -2.48. The Balaban J connectivity index is 1.45. The van der Waals surface area contributed by atoms with E-state index in [0.717, 1.165) is 16.9 Å². The fourth-order valence-corrected chi connectivity index (χ4v) is 3.90. The summed E-state index contributed by atoms with van der Waals surface area (Å²) in [6, 6.07) is 20.5. The Morgan fingerprint density at radius 1 is 0.969 bits per heavy atom. The van der Waals surface area contributed by atoms with Crippen molar-refractivity contribution in [3.8, 4) is 17.6 Å². The van der Waals surface area contributed by atoms with Crippen LogP contribution >= 0.6 is 0 Å². The minimum atomic E-state index is -1.18. The smallest absolute Gasteiger partial charge is 0.253 e. The summed E-state index contributed by atoms with van der Waals surface area (Å²) in [6.45, 7) is 0.748. The third-order valence-electron chi connectivity index (χ3n) is 5.71. The third kappa shape index (κ3) is 4.82. The largest absolute Gasteiger partial charge is 0.497 e. The summed E-state index contributed by atoms with van der Waals surface area (Å²) in [5.74, 6) is 6.48. The van der Waals surface area contributed by atoms with Crippen LogP contribution < -0.4 is 4.74 Å². The van der Waals surface area contributed by atoms with Gasteiger partial charge in [-0.15, -0.1) is 0 Å². The molecule has 5 heteroatoms. The van der Waals surface area contributed by atoms with Crippen molar-refractivity contribution < 1.29 is 19.0 Å². The molecule has 1 unspecified atom stereocenters. The summed E-state index contributed by atoms with van der Waals surface area (Å²) in [5.41, 5.74) is 1.67. The Bertz CT molecular complexity index is 1140. The Labute approximate surface area is 187 Å². The van der Waals surface area contributed by atoms with Gasteiger partial charge in [-0.2, -0.15) is 0 Å².